The van der Waals surface area contributed by atoms with Crippen LogP contribution >= 0.6 is 0 Å². The molecular formula is C21H31NO5S. The molecule has 2 aliphatic carbocycles. The van der Waals surface area contributed by atoms with Crippen molar-refractivity contribution in [2.45, 2.75) is 52.1 Å². The minimum absolute atomic E-state index is 0.0733. The normalized spacial score (nSPS) is 28.3. The van der Waals surface area contributed by atoms with Crippen molar-refractivity contribution >= 4 is 15.8 Å². The van der Waals surface area contributed by atoms with Crippen molar-refractivity contribution in [1.82, 2.24) is 4.72 Å². The topological polar surface area (TPSA) is 92.7 Å². The van der Waals surface area contributed by atoms with E-state index in [2.05, 4.69) is 4.72 Å². The van der Waals surface area contributed by atoms with Gasteiger partial charge < -0.3 is 9.84 Å². The first-order chi connectivity index (χ1) is 12.9. The number of hydrogen-bond donors (Lipinski definition) is 2. The van der Waals surface area contributed by atoms with Gasteiger partial charge in [0, 0.05) is 24.8 Å². The Labute approximate surface area is 167 Å². The summed E-state index contributed by atoms with van der Waals surface area (Å²) in [5.41, 5.74) is -1.46. The number of aliphatic hydroxyl groups is 1. The Morgan fingerprint density at radius 2 is 1.93 bits per heavy atom. The van der Waals surface area contributed by atoms with E-state index in [4.69, 9.17) is 4.74 Å². The second-order valence-corrected chi connectivity index (χ2v) is 11.1. The standard InChI is InChI=1S/C21H31NO5S/c1-19(2)16-9-10-21(19,18(23)11-16)14-28(25,26)22-13-20(3,24)12-15-5-7-17(27-4)8-6-15/h5-8,16,22,24H,9-14H2,1-4H3. The molecule has 7 heteroatoms. The van der Waals surface area contributed by atoms with Crippen molar-refractivity contribution in [3.05, 3.63) is 29.8 Å². The molecule has 2 fully saturated rings. The maximum absolute atomic E-state index is 12.8. The number of sulfonamides is 1. The number of fused-ring (bicyclic) bond motifs is 2. The smallest absolute Gasteiger partial charge is 0.212 e. The third-order valence-electron chi connectivity index (χ3n) is 6.99. The predicted octanol–water partition coefficient (Wildman–Crippen LogP) is 2.30. The molecule has 3 unspecified atom stereocenters. The van der Waals surface area contributed by atoms with E-state index in [1.54, 1.807) is 26.2 Å². The first-order valence-electron chi connectivity index (χ1n) is 9.77. The van der Waals surface area contributed by atoms with Crippen LogP contribution in [0.15, 0.2) is 24.3 Å². The van der Waals surface area contributed by atoms with Gasteiger partial charge in [-0.1, -0.05) is 26.0 Å². The lowest BCUT2D eigenvalue weighted by molar-refractivity contribution is -0.128. The van der Waals surface area contributed by atoms with E-state index < -0.39 is 21.0 Å². The number of benzene rings is 1. The van der Waals surface area contributed by atoms with Gasteiger partial charge in [-0.15, -0.1) is 0 Å². The largest absolute Gasteiger partial charge is 0.497 e. The molecule has 0 amide bonds. The van der Waals surface area contributed by atoms with E-state index in [0.29, 0.717) is 19.3 Å². The fourth-order valence-corrected chi connectivity index (χ4v) is 6.95. The van der Waals surface area contributed by atoms with Crippen molar-refractivity contribution in [1.29, 1.82) is 0 Å². The van der Waals surface area contributed by atoms with Crippen LogP contribution in [-0.2, 0) is 21.2 Å². The lowest BCUT2D eigenvalue weighted by Gasteiger charge is -2.36. The average molecular weight is 410 g/mol. The SMILES string of the molecule is COc1ccc(CC(C)(O)CNS(=O)(=O)CC23CCC(CC2=O)C3(C)C)cc1. The molecule has 156 valence electrons. The molecule has 0 spiro atoms. The van der Waals surface area contributed by atoms with E-state index in [1.165, 1.54) is 0 Å². The van der Waals surface area contributed by atoms with E-state index in [1.807, 2.05) is 26.0 Å². The van der Waals surface area contributed by atoms with Crippen LogP contribution in [0.3, 0.4) is 0 Å². The number of ketones is 1. The van der Waals surface area contributed by atoms with E-state index in [0.717, 1.165) is 17.7 Å². The Morgan fingerprint density at radius 3 is 2.43 bits per heavy atom. The number of Topliss-reactive ketones (excluding diaryl/α,β-unsaturated/α-hetero) is 1. The van der Waals surface area contributed by atoms with Gasteiger partial charge in [-0.2, -0.15) is 0 Å². The molecule has 28 heavy (non-hydrogen) atoms. The van der Waals surface area contributed by atoms with E-state index in [-0.39, 0.29) is 29.4 Å². The van der Waals surface area contributed by atoms with Crippen LogP contribution in [0.5, 0.6) is 5.75 Å². The molecular weight excluding hydrogens is 378 g/mol. The summed E-state index contributed by atoms with van der Waals surface area (Å²) in [5, 5.41) is 10.7. The highest BCUT2D eigenvalue weighted by molar-refractivity contribution is 7.89. The van der Waals surface area contributed by atoms with Gasteiger partial charge in [-0.05, 0) is 48.8 Å². The molecule has 6 nitrogen and oxygen atoms in total. The summed E-state index contributed by atoms with van der Waals surface area (Å²) < 4.78 is 33.3. The number of rotatable bonds is 8. The molecule has 1 aromatic carbocycles. The predicted molar refractivity (Wildman–Crippen MR) is 108 cm³/mol. The molecule has 1 aromatic rings. The van der Waals surface area contributed by atoms with Crippen molar-refractivity contribution in [2.75, 3.05) is 19.4 Å². The summed E-state index contributed by atoms with van der Waals surface area (Å²) in [6.07, 6.45) is 2.32. The van der Waals surface area contributed by atoms with Gasteiger partial charge in [0.15, 0.2) is 0 Å². The molecule has 2 aliphatic rings. The number of nitrogens with one attached hydrogen (secondary N) is 1. The molecule has 2 saturated carbocycles. The first kappa shape index (κ1) is 21.3. The van der Waals surface area contributed by atoms with Crippen molar-refractivity contribution in [2.24, 2.45) is 16.7 Å². The number of methoxy groups -OCH3 is 1. The lowest BCUT2D eigenvalue weighted by Crippen LogP contribution is -2.48. The number of carbonyl (C=O) groups excluding carboxylic acids is 1. The number of ether oxygens (including phenoxy) is 1. The van der Waals surface area contributed by atoms with Crippen LogP contribution in [0.4, 0.5) is 0 Å². The molecule has 2 bridgehead atoms. The third-order valence-corrected chi connectivity index (χ3v) is 8.45. The van der Waals surface area contributed by atoms with Gasteiger partial charge in [-0.25, -0.2) is 13.1 Å². The van der Waals surface area contributed by atoms with Crippen LogP contribution in [0.2, 0.25) is 0 Å². The first-order valence-corrected chi connectivity index (χ1v) is 11.4. The van der Waals surface area contributed by atoms with Crippen LogP contribution < -0.4 is 9.46 Å². The second-order valence-electron chi connectivity index (χ2n) is 9.27. The summed E-state index contributed by atoms with van der Waals surface area (Å²) in [4.78, 5) is 12.6. The highest BCUT2D eigenvalue weighted by atomic mass is 32.2. The third kappa shape index (κ3) is 3.84. The Hall–Kier alpha value is -1.44. The Bertz CT molecular complexity index is 844. The second kappa shape index (κ2) is 7.11. The Kier molecular flexibility index (Phi) is 5.40. The van der Waals surface area contributed by atoms with Crippen molar-refractivity contribution in [3.63, 3.8) is 0 Å². The number of carbonyl (C=O) groups is 1. The summed E-state index contributed by atoms with van der Waals surface area (Å²) in [6, 6.07) is 7.30. The molecule has 3 rings (SSSR count). The maximum atomic E-state index is 12.8. The Balaban J connectivity index is 1.64. The minimum atomic E-state index is -3.70. The summed E-state index contributed by atoms with van der Waals surface area (Å²) in [7, 11) is -2.11. The molecule has 0 radical (unpaired) electrons. The van der Waals surface area contributed by atoms with Crippen LogP contribution in [0.25, 0.3) is 0 Å². The van der Waals surface area contributed by atoms with Gasteiger partial charge in [0.25, 0.3) is 0 Å². The molecule has 0 aromatic heterocycles. The molecule has 0 saturated heterocycles. The zero-order chi connectivity index (χ0) is 20.8. The van der Waals surface area contributed by atoms with Gasteiger partial charge in [0.05, 0.1) is 18.5 Å². The fraction of sp³-hybridized carbons (Fsp3) is 0.667. The maximum Gasteiger partial charge on any atom is 0.212 e. The minimum Gasteiger partial charge on any atom is -0.497 e. The van der Waals surface area contributed by atoms with Crippen molar-refractivity contribution < 1.29 is 23.1 Å². The monoisotopic (exact) mass is 409 g/mol. The van der Waals surface area contributed by atoms with E-state index >= 15 is 0 Å². The van der Waals surface area contributed by atoms with E-state index in [9.17, 15) is 18.3 Å². The summed E-state index contributed by atoms with van der Waals surface area (Å²) >= 11 is 0. The molecule has 0 aliphatic heterocycles. The lowest BCUT2D eigenvalue weighted by atomic mass is 9.70. The van der Waals surface area contributed by atoms with Crippen LogP contribution in [-0.4, -0.2) is 44.3 Å². The highest BCUT2D eigenvalue weighted by Gasteiger charge is 2.65. The fourth-order valence-electron chi connectivity index (χ4n) is 4.99. The van der Waals surface area contributed by atoms with Gasteiger partial charge in [-0.3, -0.25) is 4.79 Å². The van der Waals surface area contributed by atoms with Crippen LogP contribution in [0, 0.1) is 16.7 Å². The molecule has 0 heterocycles. The number of hydrogen-bond acceptors (Lipinski definition) is 5. The Morgan fingerprint density at radius 1 is 1.29 bits per heavy atom. The molecule has 3 atom stereocenters. The highest BCUT2D eigenvalue weighted by Crippen LogP contribution is 2.64. The average Bonchev–Trinajstić information content (AvgIpc) is 2.94. The van der Waals surface area contributed by atoms with Gasteiger partial charge >= 0.3 is 0 Å². The van der Waals surface area contributed by atoms with Crippen molar-refractivity contribution in [3.8, 4) is 5.75 Å². The zero-order valence-electron chi connectivity index (χ0n) is 17.1. The quantitative estimate of drug-likeness (QED) is 0.687. The van der Waals surface area contributed by atoms with Gasteiger partial charge in [0.1, 0.15) is 11.5 Å². The summed E-state index contributed by atoms with van der Waals surface area (Å²) in [6.45, 7) is 5.54. The van der Waals surface area contributed by atoms with Gasteiger partial charge in [0.2, 0.25) is 10.0 Å². The van der Waals surface area contributed by atoms with Crippen LogP contribution in [0.1, 0.15) is 45.6 Å². The zero-order valence-corrected chi connectivity index (χ0v) is 17.9. The summed E-state index contributed by atoms with van der Waals surface area (Å²) in [5.74, 6) is 0.876. The molecule has 2 N–H and O–H groups in total.